The Bertz CT molecular complexity index is 614. The number of morpholine rings is 1. The highest BCUT2D eigenvalue weighted by Crippen LogP contribution is 2.18. The third-order valence-corrected chi connectivity index (χ3v) is 5.42. The number of halogens is 1. The van der Waals surface area contributed by atoms with Gasteiger partial charge >= 0.3 is 0 Å². The molecule has 26 heavy (non-hydrogen) atoms. The zero-order valence-corrected chi connectivity index (χ0v) is 17.9. The zero-order chi connectivity index (χ0) is 17.1. The molecule has 8 nitrogen and oxygen atoms in total. The van der Waals surface area contributed by atoms with Gasteiger partial charge < -0.3 is 19.5 Å². The second-order valence-corrected chi connectivity index (χ2v) is 6.99. The van der Waals surface area contributed by atoms with Crippen LogP contribution in [0, 0.1) is 0 Å². The van der Waals surface area contributed by atoms with Crippen LogP contribution in [0.2, 0.25) is 0 Å². The molecule has 0 amide bonds. The maximum Gasteiger partial charge on any atom is 0.194 e. The molecule has 1 unspecified atom stereocenters. The van der Waals surface area contributed by atoms with Crippen LogP contribution in [0.5, 0.6) is 0 Å². The van der Waals surface area contributed by atoms with Crippen LogP contribution in [0.3, 0.4) is 0 Å². The molecule has 1 atom stereocenters. The molecule has 146 valence electrons. The number of likely N-dealkylation sites (tertiary alicyclic amines) is 1. The molecule has 4 rings (SSSR count). The van der Waals surface area contributed by atoms with Gasteiger partial charge in [-0.25, -0.2) is 4.99 Å². The summed E-state index contributed by atoms with van der Waals surface area (Å²) < 4.78 is 7.71. The molecule has 1 aromatic rings. The number of aliphatic imine (C=N–C) groups is 1. The Balaban J connectivity index is 0.00000196. The molecule has 0 saturated carbocycles. The second-order valence-electron chi connectivity index (χ2n) is 6.99. The van der Waals surface area contributed by atoms with Crippen LogP contribution in [0.15, 0.2) is 4.99 Å². The Morgan fingerprint density at radius 3 is 2.88 bits per heavy atom. The lowest BCUT2D eigenvalue weighted by Gasteiger charge is -2.32. The van der Waals surface area contributed by atoms with Crippen molar-refractivity contribution in [1.29, 1.82) is 0 Å². The van der Waals surface area contributed by atoms with Gasteiger partial charge in [-0.05, 0) is 19.8 Å². The number of ether oxygens (including phenoxy) is 1. The highest BCUT2D eigenvalue weighted by atomic mass is 127. The minimum absolute atomic E-state index is 0. The SMILES string of the molecule is CCNC(=NCc1nnc2n1CCC2)N1CCC(N2CCOCC2)C1.I. The lowest BCUT2D eigenvalue weighted by atomic mass is 10.2. The average molecular weight is 475 g/mol. The van der Waals surface area contributed by atoms with E-state index in [0.717, 1.165) is 76.5 Å². The first kappa shape index (κ1) is 19.8. The van der Waals surface area contributed by atoms with E-state index in [2.05, 4.69) is 36.8 Å². The van der Waals surface area contributed by atoms with E-state index in [4.69, 9.17) is 9.73 Å². The van der Waals surface area contributed by atoms with E-state index in [1.807, 2.05) is 0 Å². The molecular weight excluding hydrogens is 445 g/mol. The first-order chi connectivity index (χ1) is 12.3. The van der Waals surface area contributed by atoms with E-state index in [1.54, 1.807) is 0 Å². The number of hydrogen-bond donors (Lipinski definition) is 1. The number of nitrogens with one attached hydrogen (secondary N) is 1. The molecule has 4 heterocycles. The van der Waals surface area contributed by atoms with Gasteiger partial charge in [0.25, 0.3) is 0 Å². The second kappa shape index (κ2) is 9.32. The van der Waals surface area contributed by atoms with Crippen LogP contribution in [-0.2, 0) is 24.2 Å². The van der Waals surface area contributed by atoms with E-state index in [-0.39, 0.29) is 24.0 Å². The van der Waals surface area contributed by atoms with Crippen molar-refractivity contribution in [2.75, 3.05) is 45.9 Å². The zero-order valence-electron chi connectivity index (χ0n) is 15.6. The molecule has 3 aliphatic heterocycles. The molecule has 0 aliphatic carbocycles. The van der Waals surface area contributed by atoms with Crippen molar-refractivity contribution in [3.05, 3.63) is 11.6 Å². The van der Waals surface area contributed by atoms with Crippen LogP contribution in [-0.4, -0.2) is 82.5 Å². The quantitative estimate of drug-likeness (QED) is 0.393. The first-order valence-electron chi connectivity index (χ1n) is 9.61. The van der Waals surface area contributed by atoms with E-state index < -0.39 is 0 Å². The van der Waals surface area contributed by atoms with E-state index in [9.17, 15) is 0 Å². The Labute approximate surface area is 172 Å². The third kappa shape index (κ3) is 4.30. The molecule has 1 aromatic heterocycles. The number of rotatable bonds is 4. The fraction of sp³-hybridized carbons (Fsp3) is 0.824. The molecule has 0 bridgehead atoms. The molecule has 3 aliphatic rings. The number of nitrogens with zero attached hydrogens (tertiary/aromatic N) is 6. The predicted octanol–water partition coefficient (Wildman–Crippen LogP) is 0.714. The van der Waals surface area contributed by atoms with Gasteiger partial charge in [0.2, 0.25) is 0 Å². The van der Waals surface area contributed by atoms with Crippen LogP contribution in [0.4, 0.5) is 0 Å². The van der Waals surface area contributed by atoms with E-state index in [0.29, 0.717) is 12.6 Å². The minimum atomic E-state index is 0. The van der Waals surface area contributed by atoms with Crippen LogP contribution in [0.25, 0.3) is 0 Å². The summed E-state index contributed by atoms with van der Waals surface area (Å²) in [6.45, 7) is 10.6. The maximum absolute atomic E-state index is 5.48. The number of aromatic nitrogens is 3. The molecular formula is C17H30IN7O. The van der Waals surface area contributed by atoms with Gasteiger partial charge in [0.15, 0.2) is 11.8 Å². The normalized spacial score (nSPS) is 23.8. The lowest BCUT2D eigenvalue weighted by Crippen LogP contribution is -2.46. The standard InChI is InChI=1S/C17H29N7O.HI/c1-2-18-17(19-12-16-21-20-15-4-3-6-24(15)16)23-7-5-14(13-23)22-8-10-25-11-9-22;/h14H,2-13H2,1H3,(H,18,19);1H. The summed E-state index contributed by atoms with van der Waals surface area (Å²) in [5.74, 6) is 3.11. The fourth-order valence-electron chi connectivity index (χ4n) is 4.07. The molecule has 0 aromatic carbocycles. The van der Waals surface area contributed by atoms with Crippen molar-refractivity contribution >= 4 is 29.9 Å². The first-order valence-corrected chi connectivity index (χ1v) is 9.61. The Hall–Kier alpha value is -0.940. The van der Waals surface area contributed by atoms with Crippen molar-refractivity contribution in [3.63, 3.8) is 0 Å². The maximum atomic E-state index is 5.48. The topological polar surface area (TPSA) is 70.8 Å². The van der Waals surface area contributed by atoms with Gasteiger partial charge in [-0.15, -0.1) is 34.2 Å². The highest BCUT2D eigenvalue weighted by Gasteiger charge is 2.30. The monoisotopic (exact) mass is 475 g/mol. The van der Waals surface area contributed by atoms with Crippen molar-refractivity contribution in [2.24, 2.45) is 4.99 Å². The number of aryl methyl sites for hydroxylation is 1. The van der Waals surface area contributed by atoms with Crippen LogP contribution >= 0.6 is 24.0 Å². The van der Waals surface area contributed by atoms with Gasteiger partial charge in [0, 0.05) is 51.7 Å². The van der Waals surface area contributed by atoms with Crippen LogP contribution < -0.4 is 5.32 Å². The molecule has 0 radical (unpaired) electrons. The van der Waals surface area contributed by atoms with Gasteiger partial charge in [-0.2, -0.15) is 0 Å². The largest absolute Gasteiger partial charge is 0.379 e. The lowest BCUT2D eigenvalue weighted by molar-refractivity contribution is 0.0195. The van der Waals surface area contributed by atoms with Crippen molar-refractivity contribution in [2.45, 2.75) is 45.3 Å². The van der Waals surface area contributed by atoms with E-state index >= 15 is 0 Å². The summed E-state index contributed by atoms with van der Waals surface area (Å²) in [5.41, 5.74) is 0. The predicted molar refractivity (Wildman–Crippen MR) is 111 cm³/mol. The third-order valence-electron chi connectivity index (χ3n) is 5.42. The fourth-order valence-corrected chi connectivity index (χ4v) is 4.07. The smallest absolute Gasteiger partial charge is 0.194 e. The van der Waals surface area contributed by atoms with Crippen molar-refractivity contribution in [1.82, 2.24) is 29.9 Å². The highest BCUT2D eigenvalue weighted by molar-refractivity contribution is 14.0. The summed E-state index contributed by atoms with van der Waals surface area (Å²) in [6.07, 6.45) is 3.42. The molecule has 2 saturated heterocycles. The molecule has 2 fully saturated rings. The Kier molecular flexibility index (Phi) is 7.10. The van der Waals surface area contributed by atoms with Crippen LogP contribution in [0.1, 0.15) is 31.4 Å². The summed E-state index contributed by atoms with van der Waals surface area (Å²) in [7, 11) is 0. The number of hydrogen-bond acceptors (Lipinski definition) is 5. The van der Waals surface area contributed by atoms with Crippen molar-refractivity contribution < 1.29 is 4.74 Å². The van der Waals surface area contributed by atoms with Gasteiger partial charge in [-0.3, -0.25) is 4.90 Å². The molecule has 0 spiro atoms. The van der Waals surface area contributed by atoms with Gasteiger partial charge in [-0.1, -0.05) is 0 Å². The van der Waals surface area contributed by atoms with Gasteiger partial charge in [0.05, 0.1) is 13.2 Å². The number of guanidine groups is 1. The van der Waals surface area contributed by atoms with Gasteiger partial charge in [0.1, 0.15) is 12.4 Å². The van der Waals surface area contributed by atoms with Crippen molar-refractivity contribution in [3.8, 4) is 0 Å². The summed E-state index contributed by atoms with van der Waals surface area (Å²) >= 11 is 0. The summed E-state index contributed by atoms with van der Waals surface area (Å²) in [4.78, 5) is 9.82. The number of fused-ring (bicyclic) bond motifs is 1. The summed E-state index contributed by atoms with van der Waals surface area (Å²) in [6, 6.07) is 0.616. The average Bonchev–Trinajstić information content (AvgIpc) is 3.37. The molecule has 9 heteroatoms. The Morgan fingerprint density at radius 1 is 1.23 bits per heavy atom. The van der Waals surface area contributed by atoms with E-state index in [1.165, 1.54) is 12.8 Å². The summed E-state index contributed by atoms with van der Waals surface area (Å²) in [5, 5.41) is 12.1. The Morgan fingerprint density at radius 2 is 2.08 bits per heavy atom. The minimum Gasteiger partial charge on any atom is -0.379 e. The molecule has 1 N–H and O–H groups in total.